The Labute approximate surface area is 85.2 Å². The summed E-state index contributed by atoms with van der Waals surface area (Å²) >= 11 is 0. The van der Waals surface area contributed by atoms with E-state index in [0.717, 1.165) is 0 Å². The molecule has 0 fully saturated rings. The van der Waals surface area contributed by atoms with Crippen LogP contribution in [0.25, 0.3) is 11.1 Å². The van der Waals surface area contributed by atoms with Gasteiger partial charge in [0.1, 0.15) is 0 Å². The molecule has 2 aliphatic carbocycles. The lowest BCUT2D eigenvalue weighted by Gasteiger charge is -2.23. The minimum absolute atomic E-state index is 0.0764. The predicted octanol–water partition coefficient (Wildman–Crippen LogP) is 2.40. The highest BCUT2D eigenvalue weighted by Gasteiger charge is 2.23. The lowest BCUT2D eigenvalue weighted by molar-refractivity contribution is -0.193. The van der Waals surface area contributed by atoms with Gasteiger partial charge in [-0.3, -0.25) is 0 Å². The van der Waals surface area contributed by atoms with Crippen molar-refractivity contribution in [2.45, 2.75) is 33.0 Å². The number of hydrogen-bond acceptors (Lipinski definition) is 2. The van der Waals surface area contributed by atoms with E-state index in [0.29, 0.717) is 6.42 Å². The zero-order chi connectivity index (χ0) is 10.8. The van der Waals surface area contributed by atoms with Crippen LogP contribution in [0.2, 0.25) is 0 Å². The Hall–Kier alpha value is -0.860. The van der Waals surface area contributed by atoms with Crippen molar-refractivity contribution in [3.05, 3.63) is 24.3 Å². The second kappa shape index (κ2) is 4.11. The van der Waals surface area contributed by atoms with Gasteiger partial charge in [0.25, 0.3) is 0 Å². The molecule has 0 bridgehead atoms. The Morgan fingerprint density at radius 3 is 1.43 bits per heavy atom. The van der Waals surface area contributed by atoms with Gasteiger partial charge in [-0.1, -0.05) is 45.0 Å². The van der Waals surface area contributed by atoms with E-state index in [9.17, 15) is 0 Å². The monoisotopic (exact) mass is 194 g/mol. The van der Waals surface area contributed by atoms with E-state index in [-0.39, 0.29) is 5.92 Å². The number of rotatable bonds is 2. The van der Waals surface area contributed by atoms with Gasteiger partial charge in [-0.15, -0.1) is 0 Å². The first-order valence-corrected chi connectivity index (χ1v) is 5.02. The van der Waals surface area contributed by atoms with Gasteiger partial charge in [0.05, 0.1) is 0 Å². The average Bonchev–Trinajstić information content (AvgIpc) is 2.12. The maximum Gasteiger partial charge on any atom is 0.164 e. The van der Waals surface area contributed by atoms with E-state index in [1.807, 2.05) is 0 Å². The molecule has 0 saturated heterocycles. The van der Waals surface area contributed by atoms with Crippen LogP contribution in [0, 0.1) is 5.92 Å². The van der Waals surface area contributed by atoms with Gasteiger partial charge in [-0.2, -0.15) is 0 Å². The first-order chi connectivity index (χ1) is 6.47. The molecule has 14 heavy (non-hydrogen) atoms. The Morgan fingerprint density at radius 1 is 1.07 bits per heavy atom. The summed E-state index contributed by atoms with van der Waals surface area (Å²) < 4.78 is 0. The van der Waals surface area contributed by atoms with Crippen LogP contribution in [0.15, 0.2) is 24.3 Å². The fourth-order valence-electron chi connectivity index (χ4n) is 1.07. The largest absolute Gasteiger partial charge is 0.365 e. The fraction of sp³-hybridized carbons (Fsp3) is 0.500. The SMILES string of the molecule is CCC(O)(O)C(C)C.c1cc2ccc1-2. The number of fused-ring (bicyclic) bond motifs is 1. The Balaban J connectivity index is 0.000000143. The first kappa shape index (κ1) is 11.2. The van der Waals surface area contributed by atoms with E-state index in [4.69, 9.17) is 10.2 Å². The van der Waals surface area contributed by atoms with E-state index < -0.39 is 5.79 Å². The summed E-state index contributed by atoms with van der Waals surface area (Å²) in [6.45, 7) is 5.31. The molecule has 0 saturated carbocycles. The molecule has 0 atom stereocenters. The van der Waals surface area contributed by atoms with Gasteiger partial charge in [-0.25, -0.2) is 0 Å². The highest BCUT2D eigenvalue weighted by atomic mass is 16.5. The van der Waals surface area contributed by atoms with Crippen LogP contribution < -0.4 is 0 Å². The quantitative estimate of drug-likeness (QED) is 0.721. The summed E-state index contributed by atoms with van der Waals surface area (Å²) in [4.78, 5) is 0. The molecule has 2 N–H and O–H groups in total. The molecule has 0 unspecified atom stereocenters. The average molecular weight is 194 g/mol. The summed E-state index contributed by atoms with van der Waals surface area (Å²) in [5, 5.41) is 17.9. The molecule has 2 heteroatoms. The van der Waals surface area contributed by atoms with E-state index >= 15 is 0 Å². The van der Waals surface area contributed by atoms with E-state index in [1.54, 1.807) is 20.8 Å². The van der Waals surface area contributed by atoms with Crippen molar-refractivity contribution in [1.82, 2.24) is 0 Å². The van der Waals surface area contributed by atoms with Gasteiger partial charge in [-0.05, 0) is 17.5 Å². The Bertz CT molecular complexity index is 265. The van der Waals surface area contributed by atoms with E-state index in [1.165, 1.54) is 11.1 Å². The third-order valence-corrected chi connectivity index (χ3v) is 2.66. The molecule has 0 aliphatic heterocycles. The maximum atomic E-state index is 8.96. The van der Waals surface area contributed by atoms with Crippen LogP contribution in [0.5, 0.6) is 0 Å². The summed E-state index contributed by atoms with van der Waals surface area (Å²) in [6.07, 6.45) is 0.394. The van der Waals surface area contributed by atoms with Crippen LogP contribution in [0.1, 0.15) is 27.2 Å². The minimum Gasteiger partial charge on any atom is -0.365 e. The molecule has 0 aromatic carbocycles. The van der Waals surface area contributed by atoms with Crippen LogP contribution in [-0.4, -0.2) is 16.0 Å². The zero-order valence-electron chi connectivity index (χ0n) is 8.99. The van der Waals surface area contributed by atoms with Crippen molar-refractivity contribution in [2.24, 2.45) is 5.92 Å². The summed E-state index contributed by atoms with van der Waals surface area (Å²) in [6, 6.07) is 8.48. The summed E-state index contributed by atoms with van der Waals surface area (Å²) in [7, 11) is 0. The van der Waals surface area contributed by atoms with Crippen molar-refractivity contribution in [1.29, 1.82) is 0 Å². The molecule has 0 aromatic rings. The number of hydrogen-bond donors (Lipinski definition) is 2. The smallest absolute Gasteiger partial charge is 0.164 e. The molecule has 0 aromatic heterocycles. The lowest BCUT2D eigenvalue weighted by Crippen LogP contribution is -2.33. The number of benzene rings is 1. The van der Waals surface area contributed by atoms with Crippen LogP contribution in [0.4, 0.5) is 0 Å². The summed E-state index contributed by atoms with van der Waals surface area (Å²) in [5.41, 5.74) is 2.85. The zero-order valence-corrected chi connectivity index (χ0v) is 8.99. The molecule has 2 nitrogen and oxygen atoms in total. The Morgan fingerprint density at radius 2 is 1.43 bits per heavy atom. The fourth-order valence-corrected chi connectivity index (χ4v) is 1.07. The third-order valence-electron chi connectivity index (χ3n) is 2.66. The normalized spacial score (nSPS) is 12.1. The van der Waals surface area contributed by atoms with E-state index in [2.05, 4.69) is 24.3 Å². The molecule has 0 spiro atoms. The second-order valence-corrected chi connectivity index (χ2v) is 3.96. The highest BCUT2D eigenvalue weighted by molar-refractivity contribution is 5.75. The van der Waals surface area contributed by atoms with Crippen molar-refractivity contribution in [3.8, 4) is 11.1 Å². The third kappa shape index (κ3) is 2.34. The molecule has 2 rings (SSSR count). The lowest BCUT2D eigenvalue weighted by atomic mass is 9.95. The predicted molar refractivity (Wildman–Crippen MR) is 57.7 cm³/mol. The van der Waals surface area contributed by atoms with Gasteiger partial charge >= 0.3 is 0 Å². The van der Waals surface area contributed by atoms with Gasteiger partial charge in [0.2, 0.25) is 0 Å². The molecule has 0 radical (unpaired) electrons. The standard InChI is InChI=1S/C6H14O2.C6H4/c1-4-6(7,8)5(2)3;1-2-6-4-3-5(1)6/h5,7-8H,4H2,1-3H3;1-4H. The second-order valence-electron chi connectivity index (χ2n) is 3.96. The first-order valence-electron chi connectivity index (χ1n) is 5.02. The molecule has 2 aliphatic rings. The van der Waals surface area contributed by atoms with Crippen LogP contribution >= 0.6 is 0 Å². The minimum atomic E-state index is -1.46. The van der Waals surface area contributed by atoms with Gasteiger partial charge < -0.3 is 10.2 Å². The molecule has 0 amide bonds. The van der Waals surface area contributed by atoms with Crippen LogP contribution in [-0.2, 0) is 0 Å². The topological polar surface area (TPSA) is 40.5 Å². The molecule has 0 heterocycles. The highest BCUT2D eigenvalue weighted by Crippen LogP contribution is 2.29. The van der Waals surface area contributed by atoms with Gasteiger partial charge in [0.15, 0.2) is 5.79 Å². The molecular weight excluding hydrogens is 176 g/mol. The van der Waals surface area contributed by atoms with Gasteiger partial charge in [0, 0.05) is 5.92 Å². The van der Waals surface area contributed by atoms with Crippen molar-refractivity contribution < 1.29 is 10.2 Å². The molecular formula is C12H18O2. The van der Waals surface area contributed by atoms with Crippen LogP contribution in [0.3, 0.4) is 0 Å². The van der Waals surface area contributed by atoms with Crippen molar-refractivity contribution in [2.75, 3.05) is 0 Å². The van der Waals surface area contributed by atoms with Crippen molar-refractivity contribution >= 4 is 0 Å². The maximum absolute atomic E-state index is 8.96. The van der Waals surface area contributed by atoms with Crippen molar-refractivity contribution in [3.63, 3.8) is 0 Å². The Kier molecular flexibility index (Phi) is 3.29. The number of aliphatic hydroxyl groups is 2. The summed E-state index contributed by atoms with van der Waals surface area (Å²) in [5.74, 6) is -1.53. The molecule has 78 valence electrons.